The third-order valence-corrected chi connectivity index (χ3v) is 3.17. The average molecular weight is 324 g/mol. The van der Waals surface area contributed by atoms with Gasteiger partial charge < -0.3 is 14.9 Å². The van der Waals surface area contributed by atoms with Crippen molar-refractivity contribution in [1.29, 1.82) is 0 Å². The van der Waals surface area contributed by atoms with E-state index in [-0.39, 0.29) is 16.9 Å². The van der Waals surface area contributed by atoms with Crippen molar-refractivity contribution in [1.82, 2.24) is 0 Å². The Morgan fingerprint density at radius 1 is 1.04 bits per heavy atom. The molecule has 0 aliphatic heterocycles. The molecule has 0 aliphatic rings. The number of aromatic carboxylic acids is 1. The number of carbonyl (C=O) groups is 1. The van der Waals surface area contributed by atoms with Crippen molar-refractivity contribution in [3.05, 3.63) is 29.8 Å². The number of benzene rings is 1. The van der Waals surface area contributed by atoms with Crippen molar-refractivity contribution in [2.75, 3.05) is 6.61 Å². The highest BCUT2D eigenvalue weighted by molar-refractivity contribution is 5.90. The van der Waals surface area contributed by atoms with Crippen LogP contribution < -0.4 is 0 Å². The van der Waals surface area contributed by atoms with E-state index in [0.29, 0.717) is 0 Å². The Balaban J connectivity index is 0.000000433. The molecule has 0 aliphatic carbocycles. The number of carboxylic acid groups (broad SMARTS) is 1. The Bertz CT molecular complexity index is 435. The van der Waals surface area contributed by atoms with E-state index in [1.807, 2.05) is 0 Å². The molecule has 0 atom stereocenters. The highest BCUT2D eigenvalue weighted by Gasteiger charge is 2.08. The molecule has 0 bridgehead atoms. The molecule has 0 unspecified atom stereocenters. The molecule has 1 aromatic rings. The summed E-state index contributed by atoms with van der Waals surface area (Å²) in [6.45, 7) is 9.52. The highest BCUT2D eigenvalue weighted by atomic mass is 16.5. The van der Waals surface area contributed by atoms with E-state index in [2.05, 4.69) is 27.7 Å². The summed E-state index contributed by atoms with van der Waals surface area (Å²) < 4.78 is 5.64. The third-order valence-electron chi connectivity index (χ3n) is 3.17. The van der Waals surface area contributed by atoms with Crippen LogP contribution in [-0.4, -0.2) is 28.4 Å². The van der Waals surface area contributed by atoms with Crippen LogP contribution in [-0.2, 0) is 4.74 Å². The molecule has 4 heteroatoms. The van der Waals surface area contributed by atoms with Crippen LogP contribution in [0.1, 0.15) is 76.6 Å². The molecule has 0 spiro atoms. The number of rotatable bonds is 8. The number of carboxylic acids is 1. The van der Waals surface area contributed by atoms with Gasteiger partial charge in [-0.3, -0.25) is 0 Å². The zero-order valence-corrected chi connectivity index (χ0v) is 15.0. The molecule has 23 heavy (non-hydrogen) atoms. The second-order valence-corrected chi connectivity index (χ2v) is 6.55. The second-order valence-electron chi connectivity index (χ2n) is 6.55. The van der Waals surface area contributed by atoms with E-state index in [1.165, 1.54) is 50.7 Å². The molecular weight excluding hydrogens is 292 g/mol. The van der Waals surface area contributed by atoms with Gasteiger partial charge in [0, 0.05) is 6.61 Å². The Morgan fingerprint density at radius 2 is 1.61 bits per heavy atom. The lowest BCUT2D eigenvalue weighted by Crippen LogP contribution is -2.19. The largest absolute Gasteiger partial charge is 0.507 e. The fourth-order valence-corrected chi connectivity index (χ4v) is 1.92. The van der Waals surface area contributed by atoms with E-state index >= 15 is 0 Å². The second kappa shape index (κ2) is 11.9. The predicted molar refractivity (Wildman–Crippen MR) is 94.1 cm³/mol. The minimum absolute atomic E-state index is 0.0451. The first-order chi connectivity index (χ1) is 10.8. The van der Waals surface area contributed by atoms with E-state index in [4.69, 9.17) is 14.9 Å². The maximum atomic E-state index is 10.3. The van der Waals surface area contributed by atoms with Crippen LogP contribution in [0.5, 0.6) is 5.75 Å². The smallest absolute Gasteiger partial charge is 0.339 e. The number of aromatic hydroxyl groups is 1. The predicted octanol–water partition coefficient (Wildman–Crippen LogP) is 5.25. The quantitative estimate of drug-likeness (QED) is 0.641. The van der Waals surface area contributed by atoms with E-state index < -0.39 is 5.97 Å². The summed E-state index contributed by atoms with van der Waals surface area (Å²) >= 11 is 0. The number of para-hydroxylation sites is 1. The van der Waals surface area contributed by atoms with Gasteiger partial charge in [-0.15, -0.1) is 0 Å². The van der Waals surface area contributed by atoms with Gasteiger partial charge in [0.25, 0.3) is 0 Å². The normalized spacial score (nSPS) is 10.8. The fraction of sp³-hybridized carbons (Fsp3) is 0.632. The third kappa shape index (κ3) is 12.7. The topological polar surface area (TPSA) is 66.8 Å². The van der Waals surface area contributed by atoms with E-state index in [0.717, 1.165) is 6.61 Å². The first-order valence-corrected chi connectivity index (χ1v) is 8.43. The Morgan fingerprint density at radius 3 is 2.09 bits per heavy atom. The number of ether oxygens (including phenoxy) is 1. The number of hydrogen-bond donors (Lipinski definition) is 2. The molecular formula is C19H32O4. The van der Waals surface area contributed by atoms with Gasteiger partial charge in [0.2, 0.25) is 0 Å². The van der Waals surface area contributed by atoms with Crippen LogP contribution in [0.25, 0.3) is 0 Å². The molecule has 0 aromatic heterocycles. The SMILES string of the molecule is CCCCCCCCOC(C)(C)C.O=C(O)c1ccccc1O. The van der Waals surface area contributed by atoms with Crippen LogP contribution in [0.4, 0.5) is 0 Å². The average Bonchev–Trinajstić information content (AvgIpc) is 2.46. The lowest BCUT2D eigenvalue weighted by atomic mass is 10.1. The molecule has 2 N–H and O–H groups in total. The highest BCUT2D eigenvalue weighted by Crippen LogP contribution is 2.14. The maximum absolute atomic E-state index is 10.3. The zero-order valence-electron chi connectivity index (χ0n) is 15.0. The minimum atomic E-state index is -1.11. The Labute approximate surface area is 140 Å². The van der Waals surface area contributed by atoms with Crippen molar-refractivity contribution in [2.24, 2.45) is 0 Å². The van der Waals surface area contributed by atoms with Crippen molar-refractivity contribution in [3.63, 3.8) is 0 Å². The standard InChI is InChI=1S/C12H26O.C7H6O3/c1-5-6-7-8-9-10-11-13-12(2,3)4;8-6-4-2-1-3-5(6)7(9)10/h5-11H2,1-4H3;1-4,8H,(H,9,10). The fourth-order valence-electron chi connectivity index (χ4n) is 1.92. The molecule has 1 aromatic carbocycles. The van der Waals surface area contributed by atoms with E-state index in [1.54, 1.807) is 12.1 Å². The zero-order chi connectivity index (χ0) is 17.7. The van der Waals surface area contributed by atoms with Crippen molar-refractivity contribution < 1.29 is 19.7 Å². The maximum Gasteiger partial charge on any atom is 0.339 e. The van der Waals surface area contributed by atoms with Gasteiger partial charge in [-0.1, -0.05) is 51.2 Å². The van der Waals surface area contributed by atoms with Gasteiger partial charge in [0.15, 0.2) is 0 Å². The van der Waals surface area contributed by atoms with Gasteiger partial charge in [-0.2, -0.15) is 0 Å². The number of phenols is 1. The summed E-state index contributed by atoms with van der Waals surface area (Å²) in [4.78, 5) is 10.3. The summed E-state index contributed by atoms with van der Waals surface area (Å²) in [5.74, 6) is -1.31. The van der Waals surface area contributed by atoms with Gasteiger partial charge >= 0.3 is 5.97 Å². The van der Waals surface area contributed by atoms with Crippen LogP contribution in [0.15, 0.2) is 24.3 Å². The minimum Gasteiger partial charge on any atom is -0.507 e. The molecule has 0 fully saturated rings. The number of hydrogen-bond acceptors (Lipinski definition) is 3. The summed E-state index contributed by atoms with van der Waals surface area (Å²) in [6.07, 6.45) is 8.04. The summed E-state index contributed by atoms with van der Waals surface area (Å²) in [5, 5.41) is 17.3. The number of unbranched alkanes of at least 4 members (excludes halogenated alkanes) is 5. The van der Waals surface area contributed by atoms with Crippen LogP contribution in [0.2, 0.25) is 0 Å². The van der Waals surface area contributed by atoms with Crippen LogP contribution >= 0.6 is 0 Å². The summed E-state index contributed by atoms with van der Waals surface area (Å²) in [6, 6.07) is 5.81. The molecule has 0 radical (unpaired) electrons. The van der Waals surface area contributed by atoms with Gasteiger partial charge in [-0.05, 0) is 39.3 Å². The van der Waals surface area contributed by atoms with Crippen molar-refractivity contribution in [3.8, 4) is 5.75 Å². The summed E-state index contributed by atoms with van der Waals surface area (Å²) in [5.41, 5.74) is -0.0221. The van der Waals surface area contributed by atoms with Crippen molar-refractivity contribution in [2.45, 2.75) is 71.8 Å². The van der Waals surface area contributed by atoms with Crippen LogP contribution in [0.3, 0.4) is 0 Å². The molecule has 0 amide bonds. The van der Waals surface area contributed by atoms with Gasteiger partial charge in [0.1, 0.15) is 11.3 Å². The van der Waals surface area contributed by atoms with Gasteiger partial charge in [-0.25, -0.2) is 4.79 Å². The Hall–Kier alpha value is -1.55. The van der Waals surface area contributed by atoms with Crippen LogP contribution in [0, 0.1) is 0 Å². The molecule has 0 saturated heterocycles. The molecule has 1 rings (SSSR count). The summed E-state index contributed by atoms with van der Waals surface area (Å²) in [7, 11) is 0. The monoisotopic (exact) mass is 324 g/mol. The first kappa shape index (κ1) is 21.4. The first-order valence-electron chi connectivity index (χ1n) is 8.43. The molecule has 0 heterocycles. The van der Waals surface area contributed by atoms with E-state index in [9.17, 15) is 4.79 Å². The molecule has 0 saturated carbocycles. The molecule has 4 nitrogen and oxygen atoms in total. The Kier molecular flexibility index (Phi) is 11.1. The van der Waals surface area contributed by atoms with Crippen molar-refractivity contribution >= 4 is 5.97 Å². The lowest BCUT2D eigenvalue weighted by molar-refractivity contribution is -0.00475. The van der Waals surface area contributed by atoms with Gasteiger partial charge in [0.05, 0.1) is 5.60 Å². The molecule has 132 valence electrons. The lowest BCUT2D eigenvalue weighted by Gasteiger charge is -2.19.